The predicted molar refractivity (Wildman–Crippen MR) is 135 cm³/mol. The van der Waals surface area contributed by atoms with Crippen molar-refractivity contribution in [1.29, 1.82) is 0 Å². The molecule has 0 spiro atoms. The molecular formula is C22H31ClN6O2S. The van der Waals surface area contributed by atoms with Crippen LogP contribution in [0.15, 0.2) is 18.2 Å². The Kier molecular flexibility index (Phi) is 8.20. The molecule has 1 aromatic carbocycles. The van der Waals surface area contributed by atoms with E-state index >= 15 is 0 Å². The zero-order chi connectivity index (χ0) is 23.3. The zero-order valence-electron chi connectivity index (χ0n) is 19.2. The molecule has 8 nitrogen and oxygen atoms in total. The first kappa shape index (κ1) is 24.1. The van der Waals surface area contributed by atoms with Gasteiger partial charge in [-0.25, -0.2) is 9.97 Å². The van der Waals surface area contributed by atoms with Crippen LogP contribution < -0.4 is 30.3 Å². The second-order valence-corrected chi connectivity index (χ2v) is 8.85. The lowest BCUT2D eigenvalue weighted by Crippen LogP contribution is -2.42. The summed E-state index contributed by atoms with van der Waals surface area (Å²) in [6.45, 7) is 1.91. The summed E-state index contributed by atoms with van der Waals surface area (Å²) >= 11 is 11.8. The Morgan fingerprint density at radius 3 is 2.31 bits per heavy atom. The van der Waals surface area contributed by atoms with Crippen LogP contribution in [-0.2, 0) is 0 Å². The molecule has 32 heavy (non-hydrogen) atoms. The third-order valence-corrected chi connectivity index (χ3v) is 5.93. The molecule has 1 saturated carbocycles. The largest absolute Gasteiger partial charge is 0.495 e. The monoisotopic (exact) mass is 478 g/mol. The Balaban J connectivity index is 1.52. The number of hydrogen-bond acceptors (Lipinski definition) is 7. The van der Waals surface area contributed by atoms with Crippen LogP contribution in [0.25, 0.3) is 0 Å². The fourth-order valence-corrected chi connectivity index (χ4v) is 4.27. The zero-order valence-corrected chi connectivity index (χ0v) is 20.7. The number of rotatable bonds is 7. The number of hydrogen-bond donors (Lipinski definition) is 3. The topological polar surface area (TPSA) is 83.6 Å². The van der Waals surface area contributed by atoms with Gasteiger partial charge in [0.15, 0.2) is 5.11 Å². The van der Waals surface area contributed by atoms with E-state index in [-0.39, 0.29) is 0 Å². The molecule has 174 valence electrons. The number of ether oxygens (including phenoxy) is 2. The van der Waals surface area contributed by atoms with Gasteiger partial charge in [0.2, 0.25) is 0 Å². The summed E-state index contributed by atoms with van der Waals surface area (Å²) < 4.78 is 10.7. The average molecular weight is 479 g/mol. The van der Waals surface area contributed by atoms with Crippen molar-refractivity contribution >= 4 is 46.3 Å². The van der Waals surface area contributed by atoms with Gasteiger partial charge in [-0.2, -0.15) is 0 Å². The lowest BCUT2D eigenvalue weighted by molar-refractivity contribution is 0.387. The molecule has 0 saturated heterocycles. The van der Waals surface area contributed by atoms with Crippen molar-refractivity contribution in [1.82, 2.24) is 15.3 Å². The third kappa shape index (κ3) is 6.26. The number of halogens is 1. The maximum atomic E-state index is 6.25. The molecule has 3 N–H and O–H groups in total. The fourth-order valence-electron chi connectivity index (χ4n) is 3.75. The Morgan fingerprint density at radius 1 is 1.03 bits per heavy atom. The normalized spacial score (nSPS) is 17.9. The smallest absolute Gasteiger partial charge is 0.171 e. The number of benzene rings is 1. The van der Waals surface area contributed by atoms with E-state index in [4.69, 9.17) is 33.3 Å². The Labute approximate surface area is 200 Å². The molecule has 3 rings (SSSR count). The van der Waals surface area contributed by atoms with Crippen molar-refractivity contribution in [2.45, 2.75) is 44.7 Å². The number of aryl methyl sites for hydroxylation is 1. The Hall–Kier alpha value is -2.52. The van der Waals surface area contributed by atoms with Crippen LogP contribution in [0.3, 0.4) is 0 Å². The highest BCUT2D eigenvalue weighted by Gasteiger charge is 2.22. The van der Waals surface area contributed by atoms with Gasteiger partial charge in [-0.1, -0.05) is 11.6 Å². The molecule has 0 amide bonds. The SMILES string of the molecule is COc1cc(OC)c(NC(=S)N[C@H]2CC[C@@H](Nc3cc(N(C)C)nc(C)n3)CC2)cc1Cl. The van der Waals surface area contributed by atoms with E-state index < -0.39 is 0 Å². The molecule has 1 aromatic heterocycles. The van der Waals surface area contributed by atoms with Crippen molar-refractivity contribution in [3.63, 3.8) is 0 Å². The number of methoxy groups -OCH3 is 2. The molecule has 0 bridgehead atoms. The van der Waals surface area contributed by atoms with Crippen molar-refractivity contribution < 1.29 is 9.47 Å². The first-order chi connectivity index (χ1) is 15.3. The maximum absolute atomic E-state index is 6.25. The number of anilines is 3. The van der Waals surface area contributed by atoms with Gasteiger partial charge in [-0.3, -0.25) is 0 Å². The van der Waals surface area contributed by atoms with Crippen molar-refractivity contribution in [3.05, 3.63) is 29.0 Å². The number of aromatic nitrogens is 2. The Morgan fingerprint density at radius 2 is 1.69 bits per heavy atom. The van der Waals surface area contributed by atoms with Gasteiger partial charge in [0.25, 0.3) is 0 Å². The summed E-state index contributed by atoms with van der Waals surface area (Å²) in [6.07, 6.45) is 4.06. The first-order valence-corrected chi connectivity index (χ1v) is 11.4. The summed E-state index contributed by atoms with van der Waals surface area (Å²) in [5.74, 6) is 3.70. The van der Waals surface area contributed by atoms with Crippen LogP contribution >= 0.6 is 23.8 Å². The van der Waals surface area contributed by atoms with Crippen LogP contribution in [0.1, 0.15) is 31.5 Å². The average Bonchev–Trinajstić information content (AvgIpc) is 2.75. The van der Waals surface area contributed by atoms with E-state index in [1.807, 2.05) is 32.0 Å². The van der Waals surface area contributed by atoms with Crippen LogP contribution in [0.4, 0.5) is 17.3 Å². The van der Waals surface area contributed by atoms with Gasteiger partial charge in [-0.05, 0) is 50.9 Å². The van der Waals surface area contributed by atoms with E-state index in [1.165, 1.54) is 0 Å². The second kappa shape index (κ2) is 10.9. The highest BCUT2D eigenvalue weighted by molar-refractivity contribution is 7.80. The number of thiocarbonyl (C=S) groups is 1. The van der Waals surface area contributed by atoms with Crippen LogP contribution in [0, 0.1) is 6.92 Å². The first-order valence-electron chi connectivity index (χ1n) is 10.6. The molecule has 1 aliphatic carbocycles. The number of nitrogens with one attached hydrogen (secondary N) is 3. The quantitative estimate of drug-likeness (QED) is 0.506. The molecule has 0 atom stereocenters. The van der Waals surface area contributed by atoms with Gasteiger partial charge in [-0.15, -0.1) is 0 Å². The summed E-state index contributed by atoms with van der Waals surface area (Å²) in [6, 6.07) is 6.15. The molecule has 1 aliphatic rings. The van der Waals surface area contributed by atoms with Gasteiger partial charge in [0.1, 0.15) is 29.0 Å². The summed E-state index contributed by atoms with van der Waals surface area (Å²) in [5.41, 5.74) is 0.696. The van der Waals surface area contributed by atoms with Crippen LogP contribution in [0.2, 0.25) is 5.02 Å². The minimum absolute atomic E-state index is 0.303. The highest BCUT2D eigenvalue weighted by atomic mass is 35.5. The van der Waals surface area contributed by atoms with Gasteiger partial charge in [0.05, 0.1) is 24.9 Å². The molecule has 0 radical (unpaired) electrons. The molecule has 2 aromatic rings. The third-order valence-electron chi connectivity index (χ3n) is 5.42. The van der Waals surface area contributed by atoms with Gasteiger partial charge < -0.3 is 30.3 Å². The summed E-state index contributed by atoms with van der Waals surface area (Å²) in [4.78, 5) is 11.0. The lowest BCUT2D eigenvalue weighted by Gasteiger charge is -2.31. The second-order valence-electron chi connectivity index (χ2n) is 8.03. The minimum Gasteiger partial charge on any atom is -0.495 e. The Bertz CT molecular complexity index is 950. The standard InChI is InChI=1S/C22H31ClN6O2S/c1-13-24-20(12-21(25-13)29(2)3)26-14-6-8-15(9-7-14)27-22(32)28-17-10-16(23)18(30-4)11-19(17)31-5/h10-12,14-15H,6-9H2,1-5H3,(H,24,25,26)(H2,27,28,32)/t14-,15+. The van der Waals surface area contributed by atoms with Crippen molar-refractivity contribution in [2.24, 2.45) is 0 Å². The number of nitrogens with zero attached hydrogens (tertiary/aromatic N) is 3. The molecule has 0 unspecified atom stereocenters. The fraction of sp³-hybridized carbons (Fsp3) is 0.500. The predicted octanol–water partition coefficient (Wildman–Crippen LogP) is 4.23. The summed E-state index contributed by atoms with van der Waals surface area (Å²) in [7, 11) is 7.13. The van der Waals surface area contributed by atoms with Crippen LogP contribution in [-0.4, -0.2) is 55.5 Å². The van der Waals surface area contributed by atoms with Gasteiger partial charge in [0, 0.05) is 38.3 Å². The molecular weight excluding hydrogens is 448 g/mol. The molecule has 0 aliphatic heterocycles. The van der Waals surface area contributed by atoms with E-state index in [9.17, 15) is 0 Å². The van der Waals surface area contributed by atoms with Gasteiger partial charge >= 0.3 is 0 Å². The molecule has 1 fully saturated rings. The highest BCUT2D eigenvalue weighted by Crippen LogP contribution is 2.36. The molecule has 10 heteroatoms. The lowest BCUT2D eigenvalue weighted by atomic mass is 9.91. The maximum Gasteiger partial charge on any atom is 0.171 e. The van der Waals surface area contributed by atoms with Crippen molar-refractivity contribution in [2.75, 3.05) is 43.8 Å². The van der Waals surface area contributed by atoms with E-state index in [0.717, 1.165) is 43.1 Å². The van der Waals surface area contributed by atoms with E-state index in [2.05, 4.69) is 25.9 Å². The van der Waals surface area contributed by atoms with E-state index in [0.29, 0.717) is 39.4 Å². The summed E-state index contributed by atoms with van der Waals surface area (Å²) in [5, 5.41) is 11.2. The minimum atomic E-state index is 0.303. The molecule has 1 heterocycles. The van der Waals surface area contributed by atoms with Crippen molar-refractivity contribution in [3.8, 4) is 11.5 Å². The van der Waals surface area contributed by atoms with E-state index in [1.54, 1.807) is 26.4 Å². The van der Waals surface area contributed by atoms with Crippen LogP contribution in [0.5, 0.6) is 11.5 Å².